The number of halogens is 1. The van der Waals surface area contributed by atoms with Crippen LogP contribution in [0.3, 0.4) is 0 Å². The van der Waals surface area contributed by atoms with E-state index in [0.717, 1.165) is 25.0 Å². The van der Waals surface area contributed by atoms with Crippen molar-refractivity contribution in [2.24, 2.45) is 0 Å². The Morgan fingerprint density at radius 1 is 1.39 bits per heavy atom. The van der Waals surface area contributed by atoms with Crippen molar-refractivity contribution in [1.29, 1.82) is 0 Å². The summed E-state index contributed by atoms with van der Waals surface area (Å²) in [5, 5.41) is 4.52. The van der Waals surface area contributed by atoms with E-state index < -0.39 is 17.3 Å². The van der Waals surface area contributed by atoms with E-state index in [9.17, 15) is 9.59 Å². The number of alkyl halides is 1. The second kappa shape index (κ2) is 5.67. The molecule has 0 saturated heterocycles. The predicted octanol–water partition coefficient (Wildman–Crippen LogP) is 2.30. The molecule has 3 amide bonds. The molecule has 0 aliphatic heterocycles. The molecule has 1 atom stereocenters. The highest BCUT2D eigenvalue weighted by atomic mass is 35.5. The number of anilines is 1. The molecule has 1 aliphatic carbocycles. The number of imide groups is 1. The van der Waals surface area contributed by atoms with Gasteiger partial charge in [-0.3, -0.25) is 15.4 Å². The second-order valence-electron chi connectivity index (χ2n) is 4.16. The summed E-state index contributed by atoms with van der Waals surface area (Å²) >= 11 is 7.02. The van der Waals surface area contributed by atoms with Gasteiger partial charge in [-0.25, -0.2) is 9.78 Å². The Labute approximate surface area is 114 Å². The number of hydrogen-bond acceptors (Lipinski definition) is 4. The van der Waals surface area contributed by atoms with E-state index in [1.807, 2.05) is 0 Å². The third-order valence-electron chi connectivity index (χ3n) is 2.66. The number of thiazole rings is 1. The second-order valence-corrected chi connectivity index (χ2v) is 5.89. The molecule has 98 valence electrons. The number of rotatable bonds is 2. The number of nitrogens with one attached hydrogen (secondary N) is 2. The summed E-state index contributed by atoms with van der Waals surface area (Å²) in [4.78, 5) is 28.3. The van der Waals surface area contributed by atoms with Crippen molar-refractivity contribution >= 4 is 40.0 Å². The summed E-state index contributed by atoms with van der Waals surface area (Å²) in [5.74, 6) is -0.518. The molecule has 1 unspecified atom stereocenters. The normalized spacial score (nSPS) is 15.7. The maximum Gasteiger partial charge on any atom is 0.327 e. The Morgan fingerprint density at radius 2 is 2.11 bits per heavy atom. The highest BCUT2D eigenvalue weighted by Gasteiger charge is 2.18. The fourth-order valence-corrected chi connectivity index (χ4v) is 2.84. The van der Waals surface area contributed by atoms with Gasteiger partial charge in [0, 0.05) is 4.88 Å². The number of carbonyl (C=O) groups is 2. The van der Waals surface area contributed by atoms with E-state index in [-0.39, 0.29) is 0 Å². The van der Waals surface area contributed by atoms with Crippen molar-refractivity contribution in [2.75, 3.05) is 5.32 Å². The number of urea groups is 1. The summed E-state index contributed by atoms with van der Waals surface area (Å²) in [5.41, 5.74) is 1.07. The van der Waals surface area contributed by atoms with Crippen LogP contribution in [0, 0.1) is 0 Å². The molecule has 0 fully saturated rings. The van der Waals surface area contributed by atoms with Crippen LogP contribution in [0.15, 0.2) is 0 Å². The quantitative estimate of drug-likeness (QED) is 0.820. The first-order valence-electron chi connectivity index (χ1n) is 5.81. The van der Waals surface area contributed by atoms with Gasteiger partial charge in [0.25, 0.3) is 0 Å². The number of amides is 3. The molecule has 1 aromatic rings. The maximum absolute atomic E-state index is 11.5. The standard InChI is InChI=1S/C11H14ClN3O2S/c1-6(12)9(16)14-10(17)15-11-13-7-4-2-3-5-8(7)18-11/h6H,2-5H2,1H3,(H2,13,14,15,16,17). The van der Waals surface area contributed by atoms with Gasteiger partial charge in [0.2, 0.25) is 5.91 Å². The topological polar surface area (TPSA) is 71.1 Å². The first kappa shape index (κ1) is 13.3. The Bertz CT molecular complexity index is 449. The van der Waals surface area contributed by atoms with E-state index >= 15 is 0 Å². The van der Waals surface area contributed by atoms with Crippen molar-refractivity contribution < 1.29 is 9.59 Å². The summed E-state index contributed by atoms with van der Waals surface area (Å²) in [6.07, 6.45) is 4.30. The van der Waals surface area contributed by atoms with Gasteiger partial charge < -0.3 is 0 Å². The molecule has 7 heteroatoms. The molecule has 0 spiro atoms. The van der Waals surface area contributed by atoms with Gasteiger partial charge in [0.15, 0.2) is 5.13 Å². The molecular formula is C11H14ClN3O2S. The van der Waals surface area contributed by atoms with Crippen LogP contribution in [-0.4, -0.2) is 22.3 Å². The zero-order chi connectivity index (χ0) is 13.1. The first-order valence-corrected chi connectivity index (χ1v) is 7.06. The number of aryl methyl sites for hydroxylation is 2. The van der Waals surface area contributed by atoms with Crippen LogP contribution in [0.4, 0.5) is 9.93 Å². The van der Waals surface area contributed by atoms with Crippen molar-refractivity contribution in [3.05, 3.63) is 10.6 Å². The van der Waals surface area contributed by atoms with Crippen LogP contribution in [0.1, 0.15) is 30.3 Å². The molecule has 2 rings (SSSR count). The molecule has 0 bridgehead atoms. The fourth-order valence-electron chi connectivity index (χ4n) is 1.75. The average molecular weight is 288 g/mol. The lowest BCUT2D eigenvalue weighted by molar-refractivity contribution is -0.119. The fraction of sp³-hybridized carbons (Fsp3) is 0.545. The van der Waals surface area contributed by atoms with Gasteiger partial charge in [-0.15, -0.1) is 22.9 Å². The molecule has 1 heterocycles. The molecule has 1 aliphatic rings. The Morgan fingerprint density at radius 3 is 2.78 bits per heavy atom. The van der Waals surface area contributed by atoms with Crippen molar-refractivity contribution in [3.8, 4) is 0 Å². The Kier molecular flexibility index (Phi) is 4.19. The summed E-state index contributed by atoms with van der Waals surface area (Å²) < 4.78 is 0. The van der Waals surface area contributed by atoms with Gasteiger partial charge in [-0.05, 0) is 32.6 Å². The Hall–Kier alpha value is -1.14. The highest BCUT2D eigenvalue weighted by molar-refractivity contribution is 7.15. The van der Waals surface area contributed by atoms with Gasteiger partial charge in [0.05, 0.1) is 5.69 Å². The van der Waals surface area contributed by atoms with Crippen molar-refractivity contribution in [2.45, 2.75) is 38.0 Å². The summed E-state index contributed by atoms with van der Waals surface area (Å²) in [6, 6.07) is -0.585. The maximum atomic E-state index is 11.5. The predicted molar refractivity (Wildman–Crippen MR) is 71.2 cm³/mol. The lowest BCUT2D eigenvalue weighted by Crippen LogP contribution is -2.38. The third-order valence-corrected chi connectivity index (χ3v) is 3.94. The van der Waals surface area contributed by atoms with Gasteiger partial charge in [0.1, 0.15) is 5.38 Å². The number of aromatic nitrogens is 1. The van der Waals surface area contributed by atoms with Crippen LogP contribution in [-0.2, 0) is 17.6 Å². The van der Waals surface area contributed by atoms with Crippen LogP contribution in [0.25, 0.3) is 0 Å². The molecule has 5 nitrogen and oxygen atoms in total. The lowest BCUT2D eigenvalue weighted by atomic mass is 10.0. The number of carbonyl (C=O) groups excluding carboxylic acids is 2. The van der Waals surface area contributed by atoms with Crippen LogP contribution >= 0.6 is 22.9 Å². The van der Waals surface area contributed by atoms with Gasteiger partial charge in [-0.2, -0.15) is 0 Å². The lowest BCUT2D eigenvalue weighted by Gasteiger charge is -2.06. The van der Waals surface area contributed by atoms with Crippen molar-refractivity contribution in [1.82, 2.24) is 10.3 Å². The zero-order valence-electron chi connectivity index (χ0n) is 9.96. The van der Waals surface area contributed by atoms with E-state index in [1.54, 1.807) is 0 Å². The molecule has 2 N–H and O–H groups in total. The molecule has 18 heavy (non-hydrogen) atoms. The van der Waals surface area contributed by atoms with Crippen LogP contribution in [0.5, 0.6) is 0 Å². The largest absolute Gasteiger partial charge is 0.327 e. The Balaban J connectivity index is 1.95. The number of fused-ring (bicyclic) bond motifs is 1. The molecule has 1 aromatic heterocycles. The molecule has 0 saturated carbocycles. The summed E-state index contributed by atoms with van der Waals surface area (Å²) in [6.45, 7) is 1.51. The molecular weight excluding hydrogens is 274 g/mol. The first-order chi connectivity index (χ1) is 8.56. The van der Waals surface area contributed by atoms with E-state index in [2.05, 4.69) is 15.6 Å². The van der Waals surface area contributed by atoms with Crippen molar-refractivity contribution in [3.63, 3.8) is 0 Å². The average Bonchev–Trinajstić information content (AvgIpc) is 2.70. The molecule has 0 radical (unpaired) electrons. The monoisotopic (exact) mass is 287 g/mol. The van der Waals surface area contributed by atoms with Gasteiger partial charge >= 0.3 is 6.03 Å². The zero-order valence-corrected chi connectivity index (χ0v) is 11.5. The minimum absolute atomic E-state index is 0.518. The van der Waals surface area contributed by atoms with E-state index in [4.69, 9.17) is 11.6 Å². The van der Waals surface area contributed by atoms with Crippen LogP contribution < -0.4 is 10.6 Å². The van der Waals surface area contributed by atoms with Crippen LogP contribution in [0.2, 0.25) is 0 Å². The number of hydrogen-bond donors (Lipinski definition) is 2. The molecule has 0 aromatic carbocycles. The summed E-state index contributed by atoms with van der Waals surface area (Å²) in [7, 11) is 0. The minimum atomic E-state index is -0.736. The smallest absolute Gasteiger partial charge is 0.283 e. The number of nitrogens with zero attached hydrogens (tertiary/aromatic N) is 1. The van der Waals surface area contributed by atoms with E-state index in [1.165, 1.54) is 29.6 Å². The third kappa shape index (κ3) is 3.20. The van der Waals surface area contributed by atoms with Gasteiger partial charge in [-0.1, -0.05) is 0 Å². The minimum Gasteiger partial charge on any atom is -0.283 e. The SMILES string of the molecule is CC(Cl)C(=O)NC(=O)Nc1nc2c(s1)CCCC2. The highest BCUT2D eigenvalue weighted by Crippen LogP contribution is 2.29. The van der Waals surface area contributed by atoms with E-state index in [0.29, 0.717) is 5.13 Å².